The second-order valence-corrected chi connectivity index (χ2v) is 7.54. The predicted molar refractivity (Wildman–Crippen MR) is 102 cm³/mol. The number of rotatable bonds is 3. The molecule has 7 heteroatoms. The summed E-state index contributed by atoms with van der Waals surface area (Å²) in [6.07, 6.45) is 5.40. The molecule has 1 amide bonds. The van der Waals surface area contributed by atoms with Crippen LogP contribution < -0.4 is 5.73 Å². The lowest BCUT2D eigenvalue weighted by Crippen LogP contribution is -2.48. The van der Waals surface area contributed by atoms with Crippen LogP contribution in [0.3, 0.4) is 0 Å². The maximum atomic E-state index is 12.8. The van der Waals surface area contributed by atoms with E-state index in [1.165, 1.54) is 11.3 Å². The molecule has 1 aliphatic heterocycles. The zero-order valence-electron chi connectivity index (χ0n) is 14.6. The van der Waals surface area contributed by atoms with Crippen molar-refractivity contribution < 1.29 is 4.79 Å². The normalized spacial score (nSPS) is 20.3. The van der Waals surface area contributed by atoms with Crippen molar-refractivity contribution in [2.24, 2.45) is 5.73 Å². The summed E-state index contributed by atoms with van der Waals surface area (Å²) in [5, 5.41) is 7.04. The molecule has 1 saturated heterocycles. The molecule has 0 unspecified atom stereocenters. The fourth-order valence-corrected chi connectivity index (χ4v) is 4.09. The Morgan fingerprint density at radius 1 is 1.31 bits per heavy atom. The van der Waals surface area contributed by atoms with Crippen LogP contribution in [0.5, 0.6) is 0 Å². The Kier molecular flexibility index (Phi) is 4.57. The number of nitrogens with two attached hydrogens (primary N) is 1. The molecule has 2 atom stereocenters. The number of carbonyl (C=O) groups excluding carboxylic acids is 1. The largest absolute Gasteiger partial charge is 0.334 e. The third-order valence-electron chi connectivity index (χ3n) is 4.75. The van der Waals surface area contributed by atoms with E-state index in [1.54, 1.807) is 6.20 Å². The van der Waals surface area contributed by atoms with Crippen molar-refractivity contribution in [1.82, 2.24) is 19.7 Å². The second-order valence-electron chi connectivity index (χ2n) is 6.68. The topological polar surface area (TPSA) is 77.0 Å². The standard InChI is InChI=1S/C19H21N5OS/c1-13-9-15(20)7-8-23(13)19(25)17-12-26-18(22-17)14-10-21-24(11-14)16-5-3-2-4-6-16/h2-6,10-13,15H,7-9,20H2,1H3/t13-,15+/m0/s1. The van der Waals surface area contributed by atoms with Crippen LogP contribution in [0.15, 0.2) is 48.1 Å². The Morgan fingerprint density at radius 3 is 2.88 bits per heavy atom. The van der Waals surface area contributed by atoms with E-state index in [2.05, 4.69) is 10.1 Å². The highest BCUT2D eigenvalue weighted by Crippen LogP contribution is 2.26. The van der Waals surface area contributed by atoms with Crippen LogP contribution in [-0.2, 0) is 0 Å². The number of nitrogens with zero attached hydrogens (tertiary/aromatic N) is 4. The van der Waals surface area contributed by atoms with Crippen LogP contribution in [0.1, 0.15) is 30.3 Å². The first-order valence-electron chi connectivity index (χ1n) is 8.74. The van der Waals surface area contributed by atoms with E-state index in [4.69, 9.17) is 5.73 Å². The Labute approximate surface area is 156 Å². The van der Waals surface area contributed by atoms with E-state index in [0.29, 0.717) is 12.2 Å². The Bertz CT molecular complexity index is 904. The van der Waals surface area contributed by atoms with Crippen molar-refractivity contribution in [3.8, 4) is 16.3 Å². The van der Waals surface area contributed by atoms with Gasteiger partial charge in [-0.15, -0.1) is 11.3 Å². The Balaban J connectivity index is 1.53. The van der Waals surface area contributed by atoms with E-state index >= 15 is 0 Å². The fourth-order valence-electron chi connectivity index (χ4n) is 3.32. The average Bonchev–Trinajstić information content (AvgIpc) is 3.31. The predicted octanol–water partition coefficient (Wildman–Crippen LogP) is 2.95. The maximum Gasteiger partial charge on any atom is 0.273 e. The molecule has 0 saturated carbocycles. The zero-order chi connectivity index (χ0) is 18.1. The van der Waals surface area contributed by atoms with Crippen molar-refractivity contribution in [1.29, 1.82) is 0 Å². The number of carbonyl (C=O) groups is 1. The molecule has 3 aromatic rings. The van der Waals surface area contributed by atoms with Gasteiger partial charge in [0.1, 0.15) is 10.7 Å². The maximum absolute atomic E-state index is 12.8. The summed E-state index contributed by atoms with van der Waals surface area (Å²) >= 11 is 1.47. The molecule has 4 rings (SSSR count). The van der Waals surface area contributed by atoms with Gasteiger partial charge in [-0.05, 0) is 31.9 Å². The summed E-state index contributed by atoms with van der Waals surface area (Å²) in [4.78, 5) is 19.2. The Hall–Kier alpha value is -2.51. The summed E-state index contributed by atoms with van der Waals surface area (Å²) in [7, 11) is 0. The minimum absolute atomic E-state index is 0.0117. The molecular formula is C19H21N5OS. The Morgan fingerprint density at radius 2 is 2.12 bits per heavy atom. The van der Waals surface area contributed by atoms with Gasteiger partial charge in [-0.1, -0.05) is 18.2 Å². The molecule has 0 aliphatic carbocycles. The molecule has 0 bridgehead atoms. The number of hydrogen-bond donors (Lipinski definition) is 1. The van der Waals surface area contributed by atoms with Gasteiger partial charge in [0.25, 0.3) is 5.91 Å². The van der Waals surface area contributed by atoms with Crippen molar-refractivity contribution in [3.05, 3.63) is 53.8 Å². The molecule has 0 radical (unpaired) electrons. The summed E-state index contributed by atoms with van der Waals surface area (Å²) in [6, 6.07) is 10.2. The second kappa shape index (κ2) is 7.01. The quantitative estimate of drug-likeness (QED) is 0.772. The van der Waals surface area contributed by atoms with E-state index in [0.717, 1.165) is 29.1 Å². The molecule has 134 valence electrons. The minimum atomic E-state index is -0.0117. The molecule has 1 aromatic carbocycles. The minimum Gasteiger partial charge on any atom is -0.334 e. The number of hydrogen-bond acceptors (Lipinski definition) is 5. The first kappa shape index (κ1) is 16.9. The average molecular weight is 367 g/mol. The first-order chi connectivity index (χ1) is 12.6. The molecule has 2 N–H and O–H groups in total. The lowest BCUT2D eigenvalue weighted by atomic mass is 9.99. The molecular weight excluding hydrogens is 346 g/mol. The van der Waals surface area contributed by atoms with Gasteiger partial charge in [-0.2, -0.15) is 5.10 Å². The molecule has 1 aliphatic rings. The number of piperidine rings is 1. The molecule has 2 aromatic heterocycles. The number of benzene rings is 1. The van der Waals surface area contributed by atoms with Gasteiger partial charge in [0.05, 0.1) is 11.9 Å². The van der Waals surface area contributed by atoms with Crippen LogP contribution in [-0.4, -0.2) is 44.2 Å². The van der Waals surface area contributed by atoms with Crippen molar-refractivity contribution >= 4 is 17.2 Å². The SMILES string of the molecule is C[C@H]1C[C@H](N)CCN1C(=O)c1csc(-c2cnn(-c3ccccc3)c2)n1. The molecule has 1 fully saturated rings. The van der Waals surface area contributed by atoms with E-state index in [-0.39, 0.29) is 18.0 Å². The van der Waals surface area contributed by atoms with E-state index < -0.39 is 0 Å². The van der Waals surface area contributed by atoms with Crippen LogP contribution in [0.25, 0.3) is 16.3 Å². The first-order valence-corrected chi connectivity index (χ1v) is 9.62. The third-order valence-corrected chi connectivity index (χ3v) is 5.64. The van der Waals surface area contributed by atoms with Crippen molar-refractivity contribution in [2.75, 3.05) is 6.54 Å². The highest BCUT2D eigenvalue weighted by molar-refractivity contribution is 7.13. The van der Waals surface area contributed by atoms with Crippen molar-refractivity contribution in [2.45, 2.75) is 31.8 Å². The van der Waals surface area contributed by atoms with Gasteiger partial charge in [-0.3, -0.25) is 4.79 Å². The van der Waals surface area contributed by atoms with Crippen LogP contribution in [0.2, 0.25) is 0 Å². The molecule has 0 spiro atoms. The van der Waals surface area contributed by atoms with Gasteiger partial charge in [-0.25, -0.2) is 9.67 Å². The summed E-state index contributed by atoms with van der Waals surface area (Å²) < 4.78 is 1.81. The lowest BCUT2D eigenvalue weighted by molar-refractivity contribution is 0.0614. The molecule has 6 nitrogen and oxygen atoms in total. The third kappa shape index (κ3) is 3.27. The van der Waals surface area contributed by atoms with Crippen molar-refractivity contribution in [3.63, 3.8) is 0 Å². The van der Waals surface area contributed by atoms with Crippen LogP contribution in [0.4, 0.5) is 0 Å². The van der Waals surface area contributed by atoms with Gasteiger partial charge in [0.15, 0.2) is 0 Å². The highest BCUT2D eigenvalue weighted by atomic mass is 32.1. The number of thiazole rings is 1. The van der Waals surface area contributed by atoms with Gasteiger partial charge in [0, 0.05) is 35.8 Å². The zero-order valence-corrected chi connectivity index (χ0v) is 15.4. The summed E-state index contributed by atoms with van der Waals surface area (Å²) in [5.74, 6) is -0.0117. The summed E-state index contributed by atoms with van der Waals surface area (Å²) in [5.41, 5.74) is 8.40. The fraction of sp³-hybridized carbons (Fsp3) is 0.316. The van der Waals surface area contributed by atoms with E-state index in [9.17, 15) is 4.79 Å². The number of likely N-dealkylation sites (tertiary alicyclic amines) is 1. The number of aromatic nitrogens is 3. The number of para-hydroxylation sites is 1. The van der Waals surface area contributed by atoms with Crippen LogP contribution in [0, 0.1) is 0 Å². The lowest BCUT2D eigenvalue weighted by Gasteiger charge is -2.35. The number of amides is 1. The van der Waals surface area contributed by atoms with Gasteiger partial charge < -0.3 is 10.6 Å². The van der Waals surface area contributed by atoms with E-state index in [1.807, 2.05) is 58.4 Å². The highest BCUT2D eigenvalue weighted by Gasteiger charge is 2.29. The van der Waals surface area contributed by atoms with Gasteiger partial charge >= 0.3 is 0 Å². The summed E-state index contributed by atoms with van der Waals surface area (Å²) in [6.45, 7) is 2.74. The smallest absolute Gasteiger partial charge is 0.273 e. The van der Waals surface area contributed by atoms with Crippen LogP contribution >= 0.6 is 11.3 Å². The monoisotopic (exact) mass is 367 g/mol. The van der Waals surface area contributed by atoms with Gasteiger partial charge in [0.2, 0.25) is 0 Å². The molecule has 26 heavy (non-hydrogen) atoms. The molecule has 3 heterocycles.